The fourth-order valence-corrected chi connectivity index (χ4v) is 2.35. The predicted octanol–water partition coefficient (Wildman–Crippen LogP) is 4.36. The third-order valence-electron chi connectivity index (χ3n) is 2.54. The number of anilines is 1. The molecule has 0 saturated heterocycles. The van der Waals surface area contributed by atoms with Gasteiger partial charge in [0.25, 0.3) is 0 Å². The van der Waals surface area contributed by atoms with Crippen LogP contribution in [0.2, 0.25) is 15.1 Å². The molecule has 3 nitrogen and oxygen atoms in total. The number of rotatable bonds is 2. The summed E-state index contributed by atoms with van der Waals surface area (Å²) in [6.07, 6.45) is 0.136. The maximum atomic E-state index is 8.84. The Labute approximate surface area is 125 Å². The van der Waals surface area contributed by atoms with Crippen LogP contribution in [-0.2, 0) is 6.42 Å². The maximum Gasteiger partial charge on any atom is 0.123 e. The predicted molar refractivity (Wildman–Crippen MR) is 78.4 cm³/mol. The number of nitrogens with two attached hydrogens (primary N) is 1. The molecule has 2 aromatic rings. The van der Waals surface area contributed by atoms with E-state index in [4.69, 9.17) is 45.8 Å². The lowest BCUT2D eigenvalue weighted by Crippen LogP contribution is -1.98. The number of benzene rings is 1. The van der Waals surface area contributed by atoms with Crippen molar-refractivity contribution in [2.45, 2.75) is 6.42 Å². The van der Waals surface area contributed by atoms with Gasteiger partial charge in [0.2, 0.25) is 0 Å². The summed E-state index contributed by atoms with van der Waals surface area (Å²) in [4.78, 5) is 4.15. The molecule has 2 rings (SSSR count). The van der Waals surface area contributed by atoms with Gasteiger partial charge in [-0.05, 0) is 24.3 Å². The lowest BCUT2D eigenvalue weighted by Gasteiger charge is -2.10. The minimum absolute atomic E-state index is 0.136. The van der Waals surface area contributed by atoms with Crippen LogP contribution in [0.15, 0.2) is 24.3 Å². The Morgan fingerprint density at radius 2 is 1.74 bits per heavy atom. The van der Waals surface area contributed by atoms with E-state index in [1.807, 2.05) is 6.07 Å². The molecule has 0 spiro atoms. The van der Waals surface area contributed by atoms with Gasteiger partial charge in [0.1, 0.15) is 5.82 Å². The quantitative estimate of drug-likeness (QED) is 0.838. The number of hydrogen-bond acceptors (Lipinski definition) is 3. The zero-order valence-corrected chi connectivity index (χ0v) is 11.9. The molecule has 0 unspecified atom stereocenters. The SMILES string of the molecule is N#CCc1nc(N)ccc1-c1cc(Cl)c(Cl)cc1Cl. The molecule has 0 aliphatic heterocycles. The highest BCUT2D eigenvalue weighted by Gasteiger charge is 2.13. The molecule has 0 fully saturated rings. The molecule has 2 N–H and O–H groups in total. The van der Waals surface area contributed by atoms with E-state index in [9.17, 15) is 0 Å². The average Bonchev–Trinajstić information content (AvgIpc) is 2.35. The minimum Gasteiger partial charge on any atom is -0.384 e. The lowest BCUT2D eigenvalue weighted by atomic mass is 10.0. The third kappa shape index (κ3) is 2.93. The van der Waals surface area contributed by atoms with E-state index in [1.165, 1.54) is 0 Å². The van der Waals surface area contributed by atoms with E-state index >= 15 is 0 Å². The van der Waals surface area contributed by atoms with Crippen LogP contribution in [0.5, 0.6) is 0 Å². The number of pyridine rings is 1. The molecule has 0 amide bonds. The molecule has 0 aliphatic carbocycles. The summed E-state index contributed by atoms with van der Waals surface area (Å²) in [5.74, 6) is 0.352. The number of nitrogen functional groups attached to an aromatic ring is 1. The molecule has 1 aromatic carbocycles. The smallest absolute Gasteiger partial charge is 0.123 e. The molecule has 0 radical (unpaired) electrons. The Kier molecular flexibility index (Phi) is 4.16. The summed E-state index contributed by atoms with van der Waals surface area (Å²) < 4.78 is 0. The van der Waals surface area contributed by atoms with Crippen LogP contribution < -0.4 is 5.73 Å². The molecule has 0 aliphatic rings. The number of aromatic nitrogens is 1. The van der Waals surface area contributed by atoms with Crippen molar-refractivity contribution in [3.05, 3.63) is 45.0 Å². The number of nitriles is 1. The van der Waals surface area contributed by atoms with E-state index in [1.54, 1.807) is 24.3 Å². The van der Waals surface area contributed by atoms with Gasteiger partial charge < -0.3 is 5.73 Å². The van der Waals surface area contributed by atoms with Crippen molar-refractivity contribution in [1.29, 1.82) is 5.26 Å². The van der Waals surface area contributed by atoms with Gasteiger partial charge in [-0.1, -0.05) is 34.8 Å². The van der Waals surface area contributed by atoms with Gasteiger partial charge in [0.05, 0.1) is 33.3 Å². The van der Waals surface area contributed by atoms with E-state index in [0.717, 1.165) is 5.56 Å². The largest absolute Gasteiger partial charge is 0.384 e. The van der Waals surface area contributed by atoms with Gasteiger partial charge in [-0.15, -0.1) is 0 Å². The minimum atomic E-state index is 0.136. The van der Waals surface area contributed by atoms with Gasteiger partial charge in [-0.2, -0.15) is 5.26 Å². The van der Waals surface area contributed by atoms with Crippen LogP contribution >= 0.6 is 34.8 Å². The van der Waals surface area contributed by atoms with Crippen molar-refractivity contribution in [3.8, 4) is 17.2 Å². The molecule has 0 atom stereocenters. The molecule has 19 heavy (non-hydrogen) atoms. The van der Waals surface area contributed by atoms with E-state index in [-0.39, 0.29) is 6.42 Å². The van der Waals surface area contributed by atoms with Crippen molar-refractivity contribution >= 4 is 40.6 Å². The summed E-state index contributed by atoms with van der Waals surface area (Å²) >= 11 is 18.1. The second-order valence-electron chi connectivity index (χ2n) is 3.81. The Morgan fingerprint density at radius 1 is 1.05 bits per heavy atom. The first-order valence-corrected chi connectivity index (χ1v) is 6.43. The van der Waals surface area contributed by atoms with Gasteiger partial charge in [-0.3, -0.25) is 0 Å². The van der Waals surface area contributed by atoms with Gasteiger partial charge in [0, 0.05) is 11.1 Å². The van der Waals surface area contributed by atoms with Crippen LogP contribution in [-0.4, -0.2) is 4.98 Å². The molecular weight excluding hydrogens is 305 g/mol. The fraction of sp³-hybridized carbons (Fsp3) is 0.0769. The molecule has 6 heteroatoms. The van der Waals surface area contributed by atoms with E-state index in [2.05, 4.69) is 4.98 Å². The van der Waals surface area contributed by atoms with Gasteiger partial charge in [0.15, 0.2) is 0 Å². The Hall–Kier alpha value is -1.47. The summed E-state index contributed by atoms with van der Waals surface area (Å²) in [6, 6.07) is 8.67. The second kappa shape index (κ2) is 5.66. The number of hydrogen-bond donors (Lipinski definition) is 1. The molecule has 1 heterocycles. The Morgan fingerprint density at radius 3 is 2.42 bits per heavy atom. The first kappa shape index (κ1) is 14.0. The van der Waals surface area contributed by atoms with Crippen molar-refractivity contribution in [2.24, 2.45) is 0 Å². The van der Waals surface area contributed by atoms with Crippen LogP contribution in [0.25, 0.3) is 11.1 Å². The summed E-state index contributed by atoms with van der Waals surface area (Å²) in [5, 5.41) is 10.0. The Balaban J connectivity index is 2.65. The van der Waals surface area contributed by atoms with Gasteiger partial charge >= 0.3 is 0 Å². The summed E-state index contributed by atoms with van der Waals surface area (Å²) in [7, 11) is 0. The van der Waals surface area contributed by atoms with Gasteiger partial charge in [-0.25, -0.2) is 4.98 Å². The highest BCUT2D eigenvalue weighted by molar-refractivity contribution is 6.44. The first-order valence-electron chi connectivity index (χ1n) is 5.30. The molecule has 96 valence electrons. The lowest BCUT2D eigenvalue weighted by molar-refractivity contribution is 1.13. The molecule has 1 aromatic heterocycles. The summed E-state index contributed by atoms with van der Waals surface area (Å²) in [5.41, 5.74) is 7.58. The van der Waals surface area contributed by atoms with Crippen LogP contribution in [0.4, 0.5) is 5.82 Å². The standard InChI is InChI=1S/C13H8Cl3N3/c14-9-6-11(16)10(15)5-8(9)7-1-2-13(18)19-12(7)3-4-17/h1-2,5-6H,3H2,(H2,18,19). The monoisotopic (exact) mass is 311 g/mol. The first-order chi connectivity index (χ1) is 9.02. The zero-order valence-electron chi connectivity index (χ0n) is 9.62. The maximum absolute atomic E-state index is 8.84. The zero-order chi connectivity index (χ0) is 14.0. The Bertz CT molecular complexity index is 678. The fourth-order valence-electron chi connectivity index (χ4n) is 1.70. The van der Waals surface area contributed by atoms with Crippen molar-refractivity contribution < 1.29 is 0 Å². The molecule has 0 saturated carbocycles. The van der Waals surface area contributed by atoms with E-state index < -0.39 is 0 Å². The third-order valence-corrected chi connectivity index (χ3v) is 3.58. The molecule has 0 bridgehead atoms. The topological polar surface area (TPSA) is 62.7 Å². The van der Waals surface area contributed by atoms with Crippen LogP contribution in [0.1, 0.15) is 5.69 Å². The number of halogens is 3. The average molecular weight is 313 g/mol. The molecular formula is C13H8Cl3N3. The van der Waals surface area contributed by atoms with Crippen LogP contribution in [0, 0.1) is 11.3 Å². The van der Waals surface area contributed by atoms with Crippen LogP contribution in [0.3, 0.4) is 0 Å². The van der Waals surface area contributed by atoms with Crippen molar-refractivity contribution in [3.63, 3.8) is 0 Å². The summed E-state index contributed by atoms with van der Waals surface area (Å²) in [6.45, 7) is 0. The number of nitrogens with zero attached hydrogens (tertiary/aromatic N) is 2. The van der Waals surface area contributed by atoms with E-state index in [0.29, 0.717) is 32.1 Å². The normalized spacial score (nSPS) is 10.2. The second-order valence-corrected chi connectivity index (χ2v) is 5.03. The van der Waals surface area contributed by atoms with Crippen molar-refractivity contribution in [1.82, 2.24) is 4.98 Å². The highest BCUT2D eigenvalue weighted by atomic mass is 35.5. The highest BCUT2D eigenvalue weighted by Crippen LogP contribution is 2.36. The van der Waals surface area contributed by atoms with Crippen molar-refractivity contribution in [2.75, 3.05) is 5.73 Å².